The van der Waals surface area contributed by atoms with Crippen LogP contribution in [-0.2, 0) is 26.1 Å². The van der Waals surface area contributed by atoms with Gasteiger partial charge in [0.2, 0.25) is 0 Å². The first-order valence-corrected chi connectivity index (χ1v) is 10.4. The highest BCUT2D eigenvalue weighted by Gasteiger charge is 2.10. The number of piperidine rings is 1. The van der Waals surface area contributed by atoms with E-state index in [1.807, 2.05) is 0 Å². The smallest absolute Gasteiger partial charge is 0.191 e. The van der Waals surface area contributed by atoms with Crippen molar-refractivity contribution in [1.82, 2.24) is 30.3 Å². The Hall–Kier alpha value is -1.68. The van der Waals surface area contributed by atoms with Crippen molar-refractivity contribution < 1.29 is 0 Å². The molecule has 0 spiro atoms. The molecule has 160 valence electrons. The van der Waals surface area contributed by atoms with Crippen LogP contribution in [0.1, 0.15) is 43.1 Å². The number of halogens is 1. The summed E-state index contributed by atoms with van der Waals surface area (Å²) in [6.45, 7) is 7.99. The van der Waals surface area contributed by atoms with Crippen LogP contribution in [0, 0.1) is 0 Å². The monoisotopic (exact) mass is 511 g/mol. The number of aryl methyl sites for hydroxylation is 1. The van der Waals surface area contributed by atoms with Crippen LogP contribution in [0.25, 0.3) is 0 Å². The van der Waals surface area contributed by atoms with Crippen LogP contribution in [0.3, 0.4) is 0 Å². The van der Waals surface area contributed by atoms with E-state index in [2.05, 4.69) is 66.5 Å². The predicted octanol–water partition coefficient (Wildman–Crippen LogP) is 2.81. The molecule has 0 atom stereocenters. The van der Waals surface area contributed by atoms with Crippen LogP contribution in [0.15, 0.2) is 35.6 Å². The van der Waals surface area contributed by atoms with Crippen molar-refractivity contribution in [2.75, 3.05) is 26.7 Å². The Morgan fingerprint density at radius 1 is 1.07 bits per heavy atom. The van der Waals surface area contributed by atoms with E-state index >= 15 is 0 Å². The van der Waals surface area contributed by atoms with Crippen molar-refractivity contribution in [2.45, 2.75) is 52.2 Å². The fourth-order valence-corrected chi connectivity index (χ4v) is 3.58. The molecule has 0 amide bonds. The van der Waals surface area contributed by atoms with Gasteiger partial charge in [0.1, 0.15) is 12.2 Å². The number of likely N-dealkylation sites (tertiary alicyclic amines) is 1. The zero-order valence-electron chi connectivity index (χ0n) is 17.6. The van der Waals surface area contributed by atoms with Gasteiger partial charge in [0.25, 0.3) is 0 Å². The standard InChI is InChI=1S/C21H33N7.HI/c1-3-20-26-25-17-28(20)14-11-23-21(22-2)24-15-18-7-9-19(10-8-18)16-27-12-5-4-6-13-27;/h7-10,17H,3-6,11-16H2,1-2H3,(H2,22,23,24);1H. The lowest BCUT2D eigenvalue weighted by Crippen LogP contribution is -2.38. The van der Waals surface area contributed by atoms with Gasteiger partial charge in [-0.05, 0) is 37.1 Å². The summed E-state index contributed by atoms with van der Waals surface area (Å²) in [6, 6.07) is 8.93. The van der Waals surface area contributed by atoms with E-state index in [-0.39, 0.29) is 24.0 Å². The molecular formula is C21H34IN7. The molecule has 2 N–H and O–H groups in total. The number of benzene rings is 1. The topological polar surface area (TPSA) is 70.4 Å². The Morgan fingerprint density at radius 3 is 2.48 bits per heavy atom. The van der Waals surface area contributed by atoms with E-state index in [1.54, 1.807) is 13.4 Å². The fourth-order valence-electron chi connectivity index (χ4n) is 3.58. The van der Waals surface area contributed by atoms with Crippen molar-refractivity contribution >= 4 is 29.9 Å². The van der Waals surface area contributed by atoms with Gasteiger partial charge in [-0.3, -0.25) is 9.89 Å². The van der Waals surface area contributed by atoms with Crippen LogP contribution in [0.4, 0.5) is 0 Å². The van der Waals surface area contributed by atoms with Crippen molar-refractivity contribution in [3.8, 4) is 0 Å². The van der Waals surface area contributed by atoms with E-state index in [4.69, 9.17) is 0 Å². The van der Waals surface area contributed by atoms with E-state index in [9.17, 15) is 0 Å². The second-order valence-corrected chi connectivity index (χ2v) is 7.30. The predicted molar refractivity (Wildman–Crippen MR) is 129 cm³/mol. The molecule has 0 radical (unpaired) electrons. The summed E-state index contributed by atoms with van der Waals surface area (Å²) in [5, 5.41) is 14.8. The summed E-state index contributed by atoms with van der Waals surface area (Å²) in [6.07, 6.45) is 6.73. The fraction of sp³-hybridized carbons (Fsp3) is 0.571. The molecule has 1 saturated heterocycles. The Balaban J connectivity index is 0.00000300. The number of nitrogens with one attached hydrogen (secondary N) is 2. The third kappa shape index (κ3) is 7.58. The first kappa shape index (κ1) is 23.6. The van der Waals surface area contributed by atoms with Gasteiger partial charge in [0, 0.05) is 39.6 Å². The minimum absolute atomic E-state index is 0. The average Bonchev–Trinajstić information content (AvgIpc) is 3.20. The summed E-state index contributed by atoms with van der Waals surface area (Å²) in [5.41, 5.74) is 2.66. The Morgan fingerprint density at radius 2 is 1.79 bits per heavy atom. The van der Waals surface area contributed by atoms with Gasteiger partial charge in [0.15, 0.2) is 5.96 Å². The summed E-state index contributed by atoms with van der Waals surface area (Å²) in [4.78, 5) is 6.86. The lowest BCUT2D eigenvalue weighted by molar-refractivity contribution is 0.221. The molecule has 1 aliphatic heterocycles. The number of hydrogen-bond donors (Lipinski definition) is 2. The lowest BCUT2D eigenvalue weighted by atomic mass is 10.1. The summed E-state index contributed by atoms with van der Waals surface area (Å²) < 4.78 is 2.07. The van der Waals surface area contributed by atoms with Crippen LogP contribution in [0.5, 0.6) is 0 Å². The van der Waals surface area contributed by atoms with Crippen LogP contribution in [0.2, 0.25) is 0 Å². The van der Waals surface area contributed by atoms with Crippen LogP contribution in [-0.4, -0.2) is 52.3 Å². The summed E-state index contributed by atoms with van der Waals surface area (Å²) >= 11 is 0. The number of aromatic nitrogens is 3. The van der Waals surface area contributed by atoms with Crippen molar-refractivity contribution in [1.29, 1.82) is 0 Å². The van der Waals surface area contributed by atoms with E-state index in [0.717, 1.165) is 44.4 Å². The third-order valence-corrected chi connectivity index (χ3v) is 5.22. The second-order valence-electron chi connectivity index (χ2n) is 7.30. The normalized spacial score (nSPS) is 15.0. The van der Waals surface area contributed by atoms with E-state index in [0.29, 0.717) is 0 Å². The Labute approximate surface area is 191 Å². The van der Waals surface area contributed by atoms with Gasteiger partial charge in [-0.1, -0.05) is 37.6 Å². The summed E-state index contributed by atoms with van der Waals surface area (Å²) in [7, 11) is 1.80. The molecule has 7 nitrogen and oxygen atoms in total. The van der Waals surface area contributed by atoms with E-state index < -0.39 is 0 Å². The molecule has 0 unspecified atom stereocenters. The molecule has 3 rings (SSSR count). The average molecular weight is 511 g/mol. The summed E-state index contributed by atoms with van der Waals surface area (Å²) in [5.74, 6) is 1.82. The van der Waals surface area contributed by atoms with Crippen LogP contribution < -0.4 is 10.6 Å². The maximum absolute atomic E-state index is 4.31. The maximum Gasteiger partial charge on any atom is 0.191 e. The largest absolute Gasteiger partial charge is 0.355 e. The zero-order valence-corrected chi connectivity index (χ0v) is 19.9. The highest BCUT2D eigenvalue weighted by Crippen LogP contribution is 2.13. The Kier molecular flexibility index (Phi) is 10.4. The minimum atomic E-state index is 0. The number of hydrogen-bond acceptors (Lipinski definition) is 4. The third-order valence-electron chi connectivity index (χ3n) is 5.22. The number of guanidine groups is 1. The van der Waals surface area contributed by atoms with Gasteiger partial charge in [-0.2, -0.15) is 0 Å². The van der Waals surface area contributed by atoms with Gasteiger partial charge in [0.05, 0.1) is 0 Å². The molecule has 1 aliphatic rings. The first-order chi connectivity index (χ1) is 13.8. The van der Waals surface area contributed by atoms with Crippen molar-refractivity contribution in [3.63, 3.8) is 0 Å². The molecular weight excluding hydrogens is 477 g/mol. The zero-order chi connectivity index (χ0) is 19.6. The van der Waals surface area contributed by atoms with Crippen molar-refractivity contribution in [3.05, 3.63) is 47.5 Å². The second kappa shape index (κ2) is 12.8. The molecule has 1 fully saturated rings. The molecule has 0 bridgehead atoms. The maximum atomic E-state index is 4.31. The highest BCUT2D eigenvalue weighted by molar-refractivity contribution is 14.0. The molecule has 0 saturated carbocycles. The van der Waals surface area contributed by atoms with E-state index in [1.165, 1.54) is 43.5 Å². The quantitative estimate of drug-likeness (QED) is 0.324. The number of rotatable bonds is 8. The van der Waals surface area contributed by atoms with Crippen LogP contribution >= 0.6 is 24.0 Å². The number of nitrogens with zero attached hydrogens (tertiary/aromatic N) is 5. The van der Waals surface area contributed by atoms with Gasteiger partial charge in [-0.15, -0.1) is 34.2 Å². The Bertz CT molecular complexity index is 736. The van der Waals surface area contributed by atoms with Gasteiger partial charge >= 0.3 is 0 Å². The molecule has 2 aromatic rings. The number of aliphatic imine (C=N–C) groups is 1. The molecule has 1 aromatic heterocycles. The molecule has 2 heterocycles. The molecule has 0 aliphatic carbocycles. The minimum Gasteiger partial charge on any atom is -0.355 e. The lowest BCUT2D eigenvalue weighted by Gasteiger charge is -2.26. The molecule has 29 heavy (non-hydrogen) atoms. The SMILES string of the molecule is CCc1nncn1CCNC(=NC)NCc1ccc(CN2CCCCC2)cc1.I. The molecule has 1 aromatic carbocycles. The van der Waals surface area contributed by atoms with Gasteiger partial charge < -0.3 is 15.2 Å². The van der Waals surface area contributed by atoms with Crippen molar-refractivity contribution in [2.24, 2.45) is 4.99 Å². The first-order valence-electron chi connectivity index (χ1n) is 10.4. The molecule has 8 heteroatoms. The highest BCUT2D eigenvalue weighted by atomic mass is 127. The van der Waals surface area contributed by atoms with Gasteiger partial charge in [-0.25, -0.2) is 0 Å².